The monoisotopic (exact) mass is 477 g/mol. The van der Waals surface area contributed by atoms with Crippen LogP contribution >= 0.6 is 11.3 Å². The van der Waals surface area contributed by atoms with E-state index in [1.807, 2.05) is 12.1 Å². The number of aryl methyl sites for hydroxylation is 1. The second-order valence-electron chi connectivity index (χ2n) is 11.8. The van der Waals surface area contributed by atoms with E-state index >= 15 is 0 Å². The van der Waals surface area contributed by atoms with E-state index in [0.29, 0.717) is 5.56 Å². The van der Waals surface area contributed by atoms with Gasteiger partial charge in [0.05, 0.1) is 27.5 Å². The Kier molecular flexibility index (Phi) is 5.45. The molecule has 0 saturated heterocycles. The Morgan fingerprint density at radius 2 is 1.63 bits per heavy atom. The highest BCUT2D eigenvalue weighted by molar-refractivity contribution is 7.26. The van der Waals surface area contributed by atoms with Crippen molar-refractivity contribution < 1.29 is 0 Å². The molecule has 0 aliphatic rings. The van der Waals surface area contributed by atoms with E-state index in [9.17, 15) is 5.26 Å². The first-order chi connectivity index (χ1) is 16.5. The lowest BCUT2D eigenvalue weighted by Gasteiger charge is -2.23. The average molecular weight is 478 g/mol. The summed E-state index contributed by atoms with van der Waals surface area (Å²) in [5, 5.41) is 12.9. The molecular formula is C31H31N3S. The van der Waals surface area contributed by atoms with Crippen molar-refractivity contribution in [2.75, 3.05) is 0 Å². The standard InChI is InChI=1S/C31H31N3S/c1-18-20(15-30(2,3)4)9-11-24-27-29(35-28(18)24)26(33-17-34-27)22-13-21-12-19(16-32)8-10-23(21)25(14-22)31(5,6)7/h8-14,17H,15H2,1-7H3. The molecule has 3 aromatic carbocycles. The lowest BCUT2D eigenvalue weighted by atomic mass is 9.82. The summed E-state index contributed by atoms with van der Waals surface area (Å²) >= 11 is 1.80. The van der Waals surface area contributed by atoms with Gasteiger partial charge < -0.3 is 0 Å². The van der Waals surface area contributed by atoms with Crippen molar-refractivity contribution in [3.63, 3.8) is 0 Å². The summed E-state index contributed by atoms with van der Waals surface area (Å²) in [6.45, 7) is 15.8. The predicted molar refractivity (Wildman–Crippen MR) is 149 cm³/mol. The molecule has 0 saturated carbocycles. The number of thiophene rings is 1. The van der Waals surface area contributed by atoms with E-state index in [1.54, 1.807) is 17.7 Å². The number of hydrogen-bond donors (Lipinski definition) is 0. The minimum absolute atomic E-state index is 0.0484. The van der Waals surface area contributed by atoms with Gasteiger partial charge in [-0.25, -0.2) is 9.97 Å². The van der Waals surface area contributed by atoms with Gasteiger partial charge in [-0.2, -0.15) is 5.26 Å². The maximum Gasteiger partial charge on any atom is 0.116 e. The van der Waals surface area contributed by atoms with Crippen LogP contribution in [0.25, 0.3) is 42.3 Å². The number of benzene rings is 3. The maximum atomic E-state index is 9.48. The molecule has 176 valence electrons. The normalized spacial score (nSPS) is 12.5. The molecule has 4 heteroatoms. The van der Waals surface area contributed by atoms with Gasteiger partial charge >= 0.3 is 0 Å². The first-order valence-electron chi connectivity index (χ1n) is 12.1. The Morgan fingerprint density at radius 3 is 2.31 bits per heavy atom. The summed E-state index contributed by atoms with van der Waals surface area (Å²) in [6, 6.07) is 17.2. The fourth-order valence-corrected chi connectivity index (χ4v) is 6.27. The van der Waals surface area contributed by atoms with Crippen molar-refractivity contribution in [2.45, 2.75) is 60.3 Å². The largest absolute Gasteiger partial charge is 0.235 e. The topological polar surface area (TPSA) is 49.6 Å². The summed E-state index contributed by atoms with van der Waals surface area (Å²) < 4.78 is 2.42. The summed E-state index contributed by atoms with van der Waals surface area (Å²) in [5.41, 5.74) is 7.91. The third-order valence-electron chi connectivity index (χ3n) is 6.67. The molecular weight excluding hydrogens is 446 g/mol. The molecule has 5 aromatic rings. The van der Waals surface area contributed by atoms with Gasteiger partial charge in [0.2, 0.25) is 0 Å². The Labute approximate surface area is 211 Å². The summed E-state index contributed by atoms with van der Waals surface area (Å²) in [5.74, 6) is 0. The lowest BCUT2D eigenvalue weighted by Crippen LogP contribution is -2.12. The van der Waals surface area contributed by atoms with E-state index in [2.05, 4.69) is 84.9 Å². The summed E-state index contributed by atoms with van der Waals surface area (Å²) in [4.78, 5) is 9.51. The zero-order chi connectivity index (χ0) is 25.1. The van der Waals surface area contributed by atoms with Crippen molar-refractivity contribution in [1.29, 1.82) is 5.26 Å². The summed E-state index contributed by atoms with van der Waals surface area (Å²) in [6.07, 6.45) is 2.73. The molecule has 2 heterocycles. The van der Waals surface area contributed by atoms with Crippen molar-refractivity contribution >= 4 is 42.4 Å². The molecule has 0 aliphatic heterocycles. The van der Waals surface area contributed by atoms with Crippen LogP contribution in [-0.2, 0) is 11.8 Å². The fourth-order valence-electron chi connectivity index (χ4n) is 4.98. The Morgan fingerprint density at radius 1 is 0.886 bits per heavy atom. The number of hydrogen-bond acceptors (Lipinski definition) is 4. The number of rotatable bonds is 2. The van der Waals surface area contributed by atoms with Crippen molar-refractivity contribution in [1.82, 2.24) is 9.97 Å². The van der Waals surface area contributed by atoms with Crippen LogP contribution in [-0.4, -0.2) is 9.97 Å². The first kappa shape index (κ1) is 23.5. The van der Waals surface area contributed by atoms with E-state index < -0.39 is 0 Å². The van der Waals surface area contributed by atoms with Crippen LogP contribution in [0, 0.1) is 23.7 Å². The van der Waals surface area contributed by atoms with Gasteiger partial charge in [0.1, 0.15) is 6.33 Å². The van der Waals surface area contributed by atoms with Crippen LogP contribution in [0.15, 0.2) is 48.8 Å². The predicted octanol–water partition coefficient (Wildman–Crippen LogP) is 8.73. The molecule has 3 nitrogen and oxygen atoms in total. The first-order valence-corrected chi connectivity index (χ1v) is 12.9. The zero-order valence-electron chi connectivity index (χ0n) is 21.6. The van der Waals surface area contributed by atoms with Crippen LogP contribution < -0.4 is 0 Å². The maximum absolute atomic E-state index is 9.48. The van der Waals surface area contributed by atoms with Gasteiger partial charge in [-0.15, -0.1) is 11.3 Å². The van der Waals surface area contributed by atoms with Gasteiger partial charge in [-0.05, 0) is 75.9 Å². The summed E-state index contributed by atoms with van der Waals surface area (Å²) in [7, 11) is 0. The van der Waals surface area contributed by atoms with Crippen molar-refractivity contribution in [3.05, 3.63) is 71.0 Å². The van der Waals surface area contributed by atoms with E-state index in [0.717, 1.165) is 33.3 Å². The zero-order valence-corrected chi connectivity index (χ0v) is 22.4. The second kappa shape index (κ2) is 8.14. The molecule has 0 unspecified atom stereocenters. The Hall–Kier alpha value is -3.29. The minimum atomic E-state index is -0.0484. The van der Waals surface area contributed by atoms with Crippen molar-refractivity contribution in [3.8, 4) is 17.3 Å². The molecule has 0 bridgehead atoms. The van der Waals surface area contributed by atoms with Gasteiger partial charge in [0.15, 0.2) is 0 Å². The SMILES string of the molecule is Cc1c(CC(C)(C)C)ccc2c1sc1c(-c3cc(C(C)(C)C)c4ccc(C#N)cc4c3)ncnc12. The molecule has 0 atom stereocenters. The van der Waals surface area contributed by atoms with Crippen LogP contribution in [0.1, 0.15) is 63.8 Å². The highest BCUT2D eigenvalue weighted by Gasteiger charge is 2.22. The molecule has 35 heavy (non-hydrogen) atoms. The number of aromatic nitrogens is 2. The molecule has 0 aliphatic carbocycles. The smallest absolute Gasteiger partial charge is 0.116 e. The number of nitrogens with zero attached hydrogens (tertiary/aromatic N) is 3. The number of nitriles is 1. The second-order valence-corrected chi connectivity index (χ2v) is 12.8. The van der Waals surface area contributed by atoms with E-state index in [4.69, 9.17) is 9.97 Å². The lowest BCUT2D eigenvalue weighted by molar-refractivity contribution is 0.410. The highest BCUT2D eigenvalue weighted by Crippen LogP contribution is 2.42. The molecule has 0 fully saturated rings. The molecule has 0 radical (unpaired) electrons. The van der Waals surface area contributed by atoms with Crippen LogP contribution in [0.2, 0.25) is 0 Å². The molecule has 0 amide bonds. The fraction of sp³-hybridized carbons (Fsp3) is 0.323. The van der Waals surface area contributed by atoms with Crippen LogP contribution in [0.3, 0.4) is 0 Å². The van der Waals surface area contributed by atoms with Gasteiger partial charge in [0.25, 0.3) is 0 Å². The Bertz CT molecular complexity index is 1650. The number of fused-ring (bicyclic) bond motifs is 4. The quantitative estimate of drug-likeness (QED) is 0.255. The van der Waals surface area contributed by atoms with Crippen LogP contribution in [0.4, 0.5) is 0 Å². The molecule has 2 aromatic heterocycles. The third-order valence-corrected chi connectivity index (χ3v) is 7.99. The average Bonchev–Trinajstić information content (AvgIpc) is 3.18. The van der Waals surface area contributed by atoms with E-state index in [-0.39, 0.29) is 10.8 Å². The van der Waals surface area contributed by atoms with Crippen molar-refractivity contribution in [2.24, 2.45) is 5.41 Å². The van der Waals surface area contributed by atoms with Gasteiger partial charge in [-0.1, -0.05) is 59.7 Å². The Balaban J connectivity index is 1.79. The van der Waals surface area contributed by atoms with Gasteiger partial charge in [0, 0.05) is 15.6 Å². The molecule has 0 N–H and O–H groups in total. The highest BCUT2D eigenvalue weighted by atomic mass is 32.1. The van der Waals surface area contributed by atoms with E-state index in [1.165, 1.54) is 32.2 Å². The third kappa shape index (κ3) is 4.19. The van der Waals surface area contributed by atoms with Crippen LogP contribution in [0.5, 0.6) is 0 Å². The molecule has 5 rings (SSSR count). The molecule has 0 spiro atoms. The minimum Gasteiger partial charge on any atom is -0.235 e. The van der Waals surface area contributed by atoms with Gasteiger partial charge in [-0.3, -0.25) is 0 Å².